The molecule has 0 amide bonds. The number of fused-ring (bicyclic) bond motifs is 1. The van der Waals surface area contributed by atoms with Crippen LogP contribution in [0.5, 0.6) is 0 Å². The predicted octanol–water partition coefficient (Wildman–Crippen LogP) is 4.14. The molecular weight excluding hydrogens is 398 g/mol. The van der Waals surface area contributed by atoms with Gasteiger partial charge in [-0.15, -0.1) is 0 Å². The molecule has 7 heteroatoms. The first-order valence-corrected chi connectivity index (χ1v) is 11.4. The number of hydrogen-bond donors (Lipinski definition) is 0. The minimum absolute atomic E-state index is 0.555. The second-order valence-corrected chi connectivity index (χ2v) is 8.75. The maximum Gasteiger partial charge on any atom is 0.252 e. The lowest BCUT2D eigenvalue weighted by Gasteiger charge is -2.18. The summed E-state index contributed by atoms with van der Waals surface area (Å²) in [5.74, 6) is 2.95. The molecule has 0 saturated carbocycles. The topological polar surface area (TPSA) is 72.1 Å². The van der Waals surface area contributed by atoms with Crippen LogP contribution in [0.4, 0.5) is 5.82 Å². The highest BCUT2D eigenvalue weighted by molar-refractivity contribution is 5.59. The van der Waals surface area contributed by atoms with Crippen molar-refractivity contribution < 1.29 is 0 Å². The fourth-order valence-corrected chi connectivity index (χ4v) is 4.64. The summed E-state index contributed by atoms with van der Waals surface area (Å²) in [7, 11) is 0. The van der Waals surface area contributed by atoms with E-state index in [0.29, 0.717) is 11.7 Å². The molecule has 0 unspecified atom stereocenters. The quantitative estimate of drug-likeness (QED) is 0.477. The van der Waals surface area contributed by atoms with Crippen LogP contribution in [-0.2, 0) is 12.8 Å². The third kappa shape index (κ3) is 3.83. The number of benzene rings is 1. The van der Waals surface area contributed by atoms with E-state index in [4.69, 9.17) is 9.97 Å². The van der Waals surface area contributed by atoms with E-state index in [0.717, 1.165) is 66.6 Å². The standard InChI is InChI=1S/C25H29N7/c1-5-19-6-8-21(9-7-19)23-13-27-24(14-26-23)31-11-10-20(15-31)12-22-16(2)28-25-29-18(4)30-32(25)17(22)3/h6-9,13-14,20H,5,10-12,15H2,1-4H3/t20-/m0/s1. The normalized spacial score (nSPS) is 16.2. The van der Waals surface area contributed by atoms with Crippen molar-refractivity contribution in [3.63, 3.8) is 0 Å². The molecule has 7 nitrogen and oxygen atoms in total. The van der Waals surface area contributed by atoms with Crippen LogP contribution in [-0.4, -0.2) is 42.6 Å². The van der Waals surface area contributed by atoms with Crippen molar-refractivity contribution in [1.29, 1.82) is 0 Å². The highest BCUT2D eigenvalue weighted by atomic mass is 15.3. The fourth-order valence-electron chi connectivity index (χ4n) is 4.64. The van der Waals surface area contributed by atoms with E-state index in [1.165, 1.54) is 11.1 Å². The van der Waals surface area contributed by atoms with E-state index in [-0.39, 0.29) is 0 Å². The van der Waals surface area contributed by atoms with E-state index in [1.807, 2.05) is 23.8 Å². The zero-order valence-electron chi connectivity index (χ0n) is 19.2. The molecule has 1 aromatic carbocycles. The van der Waals surface area contributed by atoms with Gasteiger partial charge in [0.25, 0.3) is 5.78 Å². The highest BCUT2D eigenvalue weighted by Gasteiger charge is 2.26. The Kier molecular flexibility index (Phi) is 5.33. The summed E-state index contributed by atoms with van der Waals surface area (Å²) in [5, 5.41) is 4.51. The SMILES string of the molecule is CCc1ccc(-c2cnc(N3CC[C@@H](Cc4c(C)nc5nc(C)nn5c4C)C3)cn2)cc1. The van der Waals surface area contributed by atoms with Crippen LogP contribution in [0, 0.1) is 26.7 Å². The molecule has 1 saturated heterocycles. The number of aromatic nitrogens is 6. The largest absolute Gasteiger partial charge is 0.355 e. The first-order chi connectivity index (χ1) is 15.5. The molecular formula is C25H29N7. The summed E-state index contributed by atoms with van der Waals surface area (Å²) in [6.07, 6.45) is 6.97. The van der Waals surface area contributed by atoms with Crippen molar-refractivity contribution in [3.05, 3.63) is 65.0 Å². The Morgan fingerprint density at radius 2 is 1.81 bits per heavy atom. The van der Waals surface area contributed by atoms with Crippen molar-refractivity contribution in [3.8, 4) is 11.3 Å². The molecule has 0 bridgehead atoms. The first kappa shape index (κ1) is 20.5. The molecule has 1 aliphatic rings. The minimum Gasteiger partial charge on any atom is -0.355 e. The van der Waals surface area contributed by atoms with Gasteiger partial charge < -0.3 is 4.90 Å². The maximum atomic E-state index is 4.73. The zero-order chi connectivity index (χ0) is 22.2. The average molecular weight is 428 g/mol. The molecule has 5 rings (SSSR count). The molecule has 3 aromatic heterocycles. The number of hydrogen-bond acceptors (Lipinski definition) is 6. The van der Waals surface area contributed by atoms with Crippen molar-refractivity contribution in [2.24, 2.45) is 5.92 Å². The van der Waals surface area contributed by atoms with E-state index >= 15 is 0 Å². The first-order valence-electron chi connectivity index (χ1n) is 11.4. The van der Waals surface area contributed by atoms with Crippen molar-refractivity contribution in [2.45, 2.75) is 47.0 Å². The molecule has 1 aliphatic heterocycles. The van der Waals surface area contributed by atoms with Gasteiger partial charge in [-0.3, -0.25) is 4.98 Å². The van der Waals surface area contributed by atoms with E-state index in [2.05, 4.69) is 65.0 Å². The molecule has 4 heterocycles. The molecule has 0 aliphatic carbocycles. The Balaban J connectivity index is 1.29. The molecule has 1 fully saturated rings. The number of nitrogens with zero attached hydrogens (tertiary/aromatic N) is 7. The van der Waals surface area contributed by atoms with Crippen molar-refractivity contribution in [2.75, 3.05) is 18.0 Å². The van der Waals surface area contributed by atoms with Gasteiger partial charge in [0.15, 0.2) is 0 Å². The average Bonchev–Trinajstić information content (AvgIpc) is 3.43. The van der Waals surface area contributed by atoms with Gasteiger partial charge in [-0.2, -0.15) is 10.1 Å². The second kappa shape index (κ2) is 8.30. The molecule has 164 valence electrons. The molecule has 0 radical (unpaired) electrons. The maximum absolute atomic E-state index is 4.73. The van der Waals surface area contributed by atoms with Gasteiger partial charge in [-0.25, -0.2) is 14.5 Å². The van der Waals surface area contributed by atoms with Gasteiger partial charge in [-0.05, 0) is 57.1 Å². The molecule has 1 atom stereocenters. The van der Waals surface area contributed by atoms with Gasteiger partial charge in [0.1, 0.15) is 11.6 Å². The van der Waals surface area contributed by atoms with E-state index < -0.39 is 0 Å². The number of aryl methyl sites for hydroxylation is 4. The Morgan fingerprint density at radius 3 is 2.53 bits per heavy atom. The van der Waals surface area contributed by atoms with E-state index in [1.54, 1.807) is 0 Å². The van der Waals surface area contributed by atoms with Gasteiger partial charge >= 0.3 is 0 Å². The summed E-state index contributed by atoms with van der Waals surface area (Å²) in [6, 6.07) is 8.57. The fraction of sp³-hybridized carbons (Fsp3) is 0.400. The Hall–Kier alpha value is -3.35. The summed E-state index contributed by atoms with van der Waals surface area (Å²) in [6.45, 7) is 10.3. The van der Waals surface area contributed by atoms with Crippen LogP contribution < -0.4 is 4.90 Å². The minimum atomic E-state index is 0.555. The van der Waals surface area contributed by atoms with Gasteiger partial charge in [0.05, 0.1) is 18.1 Å². The number of anilines is 1. The van der Waals surface area contributed by atoms with E-state index in [9.17, 15) is 0 Å². The zero-order valence-corrected chi connectivity index (χ0v) is 19.2. The molecule has 32 heavy (non-hydrogen) atoms. The Labute approximate surface area is 188 Å². The van der Waals surface area contributed by atoms with Crippen molar-refractivity contribution >= 4 is 11.6 Å². The van der Waals surface area contributed by atoms with Crippen LogP contribution in [0.25, 0.3) is 17.0 Å². The van der Waals surface area contributed by atoms with Gasteiger partial charge in [-0.1, -0.05) is 31.2 Å². The van der Waals surface area contributed by atoms with Gasteiger partial charge in [0, 0.05) is 30.0 Å². The summed E-state index contributed by atoms with van der Waals surface area (Å²) in [4.78, 5) is 20.9. The lowest BCUT2D eigenvalue weighted by molar-refractivity contribution is 0.577. The van der Waals surface area contributed by atoms with Crippen LogP contribution in [0.2, 0.25) is 0 Å². The Morgan fingerprint density at radius 1 is 1.00 bits per heavy atom. The lowest BCUT2D eigenvalue weighted by atomic mass is 9.96. The molecule has 0 spiro atoms. The third-order valence-electron chi connectivity index (χ3n) is 6.55. The summed E-state index contributed by atoms with van der Waals surface area (Å²) < 4.78 is 1.88. The second-order valence-electron chi connectivity index (χ2n) is 8.75. The monoisotopic (exact) mass is 427 g/mol. The molecule has 0 N–H and O–H groups in total. The van der Waals surface area contributed by atoms with Crippen LogP contribution in [0.1, 0.15) is 41.7 Å². The van der Waals surface area contributed by atoms with Crippen molar-refractivity contribution in [1.82, 2.24) is 29.5 Å². The lowest BCUT2D eigenvalue weighted by Crippen LogP contribution is -2.22. The highest BCUT2D eigenvalue weighted by Crippen LogP contribution is 2.27. The third-order valence-corrected chi connectivity index (χ3v) is 6.55. The van der Waals surface area contributed by atoms with Crippen LogP contribution in [0.15, 0.2) is 36.7 Å². The molecule has 4 aromatic rings. The van der Waals surface area contributed by atoms with Crippen LogP contribution in [0.3, 0.4) is 0 Å². The summed E-state index contributed by atoms with van der Waals surface area (Å²) in [5.41, 5.74) is 6.84. The number of rotatable bonds is 5. The van der Waals surface area contributed by atoms with Gasteiger partial charge in [0.2, 0.25) is 0 Å². The summed E-state index contributed by atoms with van der Waals surface area (Å²) >= 11 is 0. The smallest absolute Gasteiger partial charge is 0.252 e. The predicted molar refractivity (Wildman–Crippen MR) is 126 cm³/mol. The van der Waals surface area contributed by atoms with Crippen LogP contribution >= 0.6 is 0 Å². The Bertz CT molecular complexity index is 1240.